The van der Waals surface area contributed by atoms with E-state index >= 15 is 0 Å². The van der Waals surface area contributed by atoms with E-state index in [1.165, 1.54) is 12.1 Å². The zero-order valence-electron chi connectivity index (χ0n) is 10.5. The van der Waals surface area contributed by atoms with Crippen LogP contribution in [0, 0.1) is 0 Å². The number of halogens is 2. The van der Waals surface area contributed by atoms with Crippen molar-refractivity contribution in [3.05, 3.63) is 52.1 Å². The highest BCUT2D eigenvalue weighted by Gasteiger charge is 2.18. The van der Waals surface area contributed by atoms with E-state index in [4.69, 9.17) is 11.6 Å². The number of aromatic nitrogens is 2. The molecule has 0 saturated heterocycles. The number of nitrogens with zero attached hydrogens (tertiary/aromatic N) is 1. The SMILES string of the molecule is O=S(=O)(Nc1ccc2cn[nH]c2c1)c1ccc(Br)cc1Cl. The highest BCUT2D eigenvalue weighted by molar-refractivity contribution is 9.10. The molecule has 0 atom stereocenters. The van der Waals surface area contributed by atoms with Crippen LogP contribution in [-0.2, 0) is 10.0 Å². The number of benzene rings is 2. The number of H-pyrrole nitrogens is 1. The fourth-order valence-corrected chi connectivity index (χ4v) is 3.99. The van der Waals surface area contributed by atoms with E-state index in [0.29, 0.717) is 10.2 Å². The summed E-state index contributed by atoms with van der Waals surface area (Å²) in [6.07, 6.45) is 1.67. The summed E-state index contributed by atoms with van der Waals surface area (Å²) >= 11 is 9.23. The topological polar surface area (TPSA) is 74.8 Å². The molecule has 108 valence electrons. The summed E-state index contributed by atoms with van der Waals surface area (Å²) in [5.74, 6) is 0. The highest BCUT2D eigenvalue weighted by atomic mass is 79.9. The Morgan fingerprint density at radius 3 is 2.76 bits per heavy atom. The third kappa shape index (κ3) is 2.90. The van der Waals surface area contributed by atoms with E-state index in [9.17, 15) is 8.42 Å². The van der Waals surface area contributed by atoms with E-state index < -0.39 is 10.0 Å². The number of nitrogens with one attached hydrogen (secondary N) is 2. The molecule has 3 rings (SSSR count). The first-order chi connectivity index (χ1) is 9.95. The van der Waals surface area contributed by atoms with Gasteiger partial charge in [0.1, 0.15) is 4.90 Å². The van der Waals surface area contributed by atoms with Gasteiger partial charge >= 0.3 is 0 Å². The van der Waals surface area contributed by atoms with Crippen LogP contribution in [0.3, 0.4) is 0 Å². The molecule has 21 heavy (non-hydrogen) atoms. The number of hydrogen-bond donors (Lipinski definition) is 2. The number of sulfonamides is 1. The number of aromatic amines is 1. The number of anilines is 1. The van der Waals surface area contributed by atoms with Crippen molar-refractivity contribution in [3.8, 4) is 0 Å². The molecule has 2 aromatic carbocycles. The molecular weight excluding hydrogens is 378 g/mol. The minimum absolute atomic E-state index is 0.0251. The van der Waals surface area contributed by atoms with Crippen molar-refractivity contribution in [1.82, 2.24) is 10.2 Å². The lowest BCUT2D eigenvalue weighted by Crippen LogP contribution is -2.13. The van der Waals surface area contributed by atoms with E-state index in [-0.39, 0.29) is 9.92 Å². The molecule has 0 aliphatic heterocycles. The average molecular weight is 387 g/mol. The fraction of sp³-hybridized carbons (Fsp3) is 0. The van der Waals surface area contributed by atoms with E-state index in [1.807, 2.05) is 0 Å². The Morgan fingerprint density at radius 2 is 2.00 bits per heavy atom. The summed E-state index contributed by atoms with van der Waals surface area (Å²) in [5, 5.41) is 7.73. The molecule has 0 radical (unpaired) electrons. The second-order valence-electron chi connectivity index (χ2n) is 4.35. The van der Waals surface area contributed by atoms with Crippen LogP contribution < -0.4 is 4.72 Å². The normalized spacial score (nSPS) is 11.7. The molecular formula is C13H9BrClN3O2S. The Labute approximate surface area is 134 Å². The summed E-state index contributed by atoms with van der Waals surface area (Å²) in [6.45, 7) is 0. The number of rotatable bonds is 3. The van der Waals surface area contributed by atoms with Gasteiger partial charge in [0, 0.05) is 9.86 Å². The second-order valence-corrected chi connectivity index (χ2v) is 7.33. The molecule has 2 N–H and O–H groups in total. The van der Waals surface area contributed by atoms with Crippen LogP contribution in [0.2, 0.25) is 5.02 Å². The fourth-order valence-electron chi connectivity index (χ4n) is 1.90. The molecule has 0 aliphatic carbocycles. The zero-order valence-corrected chi connectivity index (χ0v) is 13.6. The van der Waals surface area contributed by atoms with Crippen LogP contribution in [0.15, 0.2) is 52.0 Å². The Bertz CT molecular complexity index is 924. The molecule has 0 saturated carbocycles. The maximum absolute atomic E-state index is 12.4. The van der Waals surface area contributed by atoms with Gasteiger partial charge in [0.2, 0.25) is 0 Å². The maximum Gasteiger partial charge on any atom is 0.263 e. The van der Waals surface area contributed by atoms with Crippen LogP contribution in [0.4, 0.5) is 5.69 Å². The molecule has 1 heterocycles. The minimum Gasteiger partial charge on any atom is -0.280 e. The van der Waals surface area contributed by atoms with Gasteiger partial charge in [-0.3, -0.25) is 9.82 Å². The van der Waals surface area contributed by atoms with Gasteiger partial charge in [-0.2, -0.15) is 5.10 Å². The zero-order chi connectivity index (χ0) is 15.0. The predicted molar refractivity (Wildman–Crippen MR) is 86.1 cm³/mol. The van der Waals surface area contributed by atoms with Crippen LogP contribution >= 0.6 is 27.5 Å². The summed E-state index contributed by atoms with van der Waals surface area (Å²) in [6, 6.07) is 9.73. The predicted octanol–water partition coefficient (Wildman–Crippen LogP) is 3.78. The van der Waals surface area contributed by atoms with Crippen molar-refractivity contribution in [2.24, 2.45) is 0 Å². The molecule has 5 nitrogen and oxygen atoms in total. The minimum atomic E-state index is -3.75. The van der Waals surface area contributed by atoms with Crippen molar-refractivity contribution >= 4 is 54.1 Å². The summed E-state index contributed by atoms with van der Waals surface area (Å²) in [7, 11) is -3.75. The Morgan fingerprint density at radius 1 is 1.19 bits per heavy atom. The van der Waals surface area contributed by atoms with Gasteiger partial charge in [0.25, 0.3) is 10.0 Å². The molecule has 0 amide bonds. The Hall–Kier alpha value is -1.57. The lowest BCUT2D eigenvalue weighted by Gasteiger charge is -2.09. The molecule has 0 aliphatic rings. The number of hydrogen-bond acceptors (Lipinski definition) is 3. The smallest absolute Gasteiger partial charge is 0.263 e. The Balaban J connectivity index is 1.98. The van der Waals surface area contributed by atoms with Crippen LogP contribution in [0.5, 0.6) is 0 Å². The van der Waals surface area contributed by atoms with Gasteiger partial charge < -0.3 is 0 Å². The van der Waals surface area contributed by atoms with Crippen molar-refractivity contribution in [3.63, 3.8) is 0 Å². The second kappa shape index (κ2) is 5.32. The molecule has 0 unspecified atom stereocenters. The van der Waals surface area contributed by atoms with Crippen LogP contribution in [-0.4, -0.2) is 18.6 Å². The van der Waals surface area contributed by atoms with Gasteiger partial charge in [-0.25, -0.2) is 8.42 Å². The molecule has 1 aromatic heterocycles. The van der Waals surface area contributed by atoms with Crippen molar-refractivity contribution in [2.75, 3.05) is 4.72 Å². The molecule has 3 aromatic rings. The van der Waals surface area contributed by atoms with Crippen molar-refractivity contribution in [2.45, 2.75) is 4.90 Å². The maximum atomic E-state index is 12.4. The van der Waals surface area contributed by atoms with Crippen molar-refractivity contribution in [1.29, 1.82) is 0 Å². The largest absolute Gasteiger partial charge is 0.280 e. The average Bonchev–Trinajstić information content (AvgIpc) is 2.85. The van der Waals surface area contributed by atoms with E-state index in [2.05, 4.69) is 30.8 Å². The Kier molecular flexibility index (Phi) is 3.64. The summed E-state index contributed by atoms with van der Waals surface area (Å²) in [4.78, 5) is 0.0251. The lowest BCUT2D eigenvalue weighted by molar-refractivity contribution is 0.601. The van der Waals surface area contributed by atoms with Crippen LogP contribution in [0.1, 0.15) is 0 Å². The van der Waals surface area contributed by atoms with Gasteiger partial charge in [-0.15, -0.1) is 0 Å². The monoisotopic (exact) mass is 385 g/mol. The van der Waals surface area contributed by atoms with E-state index in [1.54, 1.807) is 30.5 Å². The molecule has 0 bridgehead atoms. The first-order valence-electron chi connectivity index (χ1n) is 5.87. The van der Waals surface area contributed by atoms with Crippen LogP contribution in [0.25, 0.3) is 10.9 Å². The van der Waals surface area contributed by atoms with Gasteiger partial charge in [-0.05, 0) is 36.4 Å². The summed E-state index contributed by atoms with van der Waals surface area (Å²) < 4.78 is 28.0. The molecule has 0 fully saturated rings. The lowest BCUT2D eigenvalue weighted by atomic mass is 10.2. The standard InChI is InChI=1S/C13H9BrClN3O2S/c14-9-2-4-13(11(15)5-9)21(19,20)18-10-3-1-8-7-16-17-12(8)6-10/h1-7,18H,(H,16,17). The quantitative estimate of drug-likeness (QED) is 0.719. The molecule has 8 heteroatoms. The van der Waals surface area contributed by atoms with Gasteiger partial charge in [0.05, 0.1) is 22.4 Å². The van der Waals surface area contributed by atoms with Crippen molar-refractivity contribution < 1.29 is 8.42 Å². The van der Waals surface area contributed by atoms with E-state index in [0.717, 1.165) is 10.9 Å². The first kappa shape index (κ1) is 14.4. The van der Waals surface area contributed by atoms with Gasteiger partial charge in [-0.1, -0.05) is 27.5 Å². The third-order valence-electron chi connectivity index (χ3n) is 2.88. The first-order valence-corrected chi connectivity index (χ1v) is 8.52. The summed E-state index contributed by atoms with van der Waals surface area (Å²) in [5.41, 5.74) is 1.18. The third-order valence-corrected chi connectivity index (χ3v) is 5.24. The molecule has 0 spiro atoms. The van der Waals surface area contributed by atoms with Gasteiger partial charge in [0.15, 0.2) is 0 Å². The highest BCUT2D eigenvalue weighted by Crippen LogP contribution is 2.27. The number of fused-ring (bicyclic) bond motifs is 1.